The lowest BCUT2D eigenvalue weighted by Crippen LogP contribution is -2.49. The highest BCUT2D eigenvalue weighted by Gasteiger charge is 2.39. The van der Waals surface area contributed by atoms with Crippen molar-refractivity contribution in [3.63, 3.8) is 0 Å². The summed E-state index contributed by atoms with van der Waals surface area (Å²) < 4.78 is 7.24. The van der Waals surface area contributed by atoms with Gasteiger partial charge in [0.25, 0.3) is 0 Å². The van der Waals surface area contributed by atoms with Gasteiger partial charge in [-0.2, -0.15) is 0 Å². The second-order valence-electron chi connectivity index (χ2n) is 14.3. The summed E-state index contributed by atoms with van der Waals surface area (Å²) in [5, 5.41) is 15.2. The number of piperidine rings is 1. The molecule has 10 heteroatoms. The van der Waals surface area contributed by atoms with E-state index in [1.54, 1.807) is 31.6 Å². The fraction of sp³-hybridized carbons (Fsp3) is 0.439. The minimum atomic E-state index is -1.04. The third-order valence-corrected chi connectivity index (χ3v) is 9.27. The molecular weight excluding hydrogens is 640 g/mol. The van der Waals surface area contributed by atoms with Crippen molar-refractivity contribution in [2.75, 3.05) is 13.1 Å². The first-order valence-electron chi connectivity index (χ1n) is 18.3. The fourth-order valence-corrected chi connectivity index (χ4v) is 6.79. The maximum Gasteiger partial charge on any atom is 0.408 e. The summed E-state index contributed by atoms with van der Waals surface area (Å²) in [7, 11) is 0. The Morgan fingerprint density at radius 2 is 1.35 bits per heavy atom. The molecule has 0 unspecified atom stereocenters. The van der Waals surface area contributed by atoms with Crippen molar-refractivity contribution in [1.29, 1.82) is 0 Å². The molecule has 3 amide bonds. The SMILES string of the molecule is CCCCC[C@@H](C(=O)N1CCCCC1)n1cc([C@H](CC(=O)NC(c2ccccc2)(c2ccccc2)c2ccccc2)NC(=O)OC(C)(C)C)nn1. The lowest BCUT2D eigenvalue weighted by Gasteiger charge is -2.37. The molecule has 10 nitrogen and oxygen atoms in total. The molecule has 0 aliphatic carbocycles. The zero-order valence-corrected chi connectivity index (χ0v) is 30.4. The molecule has 1 aliphatic heterocycles. The van der Waals surface area contributed by atoms with Crippen molar-refractivity contribution in [1.82, 2.24) is 30.5 Å². The summed E-state index contributed by atoms with van der Waals surface area (Å²) in [6.45, 7) is 8.96. The van der Waals surface area contributed by atoms with Gasteiger partial charge in [-0.15, -0.1) is 5.10 Å². The Bertz CT molecular complexity index is 1600. The normalized spacial score (nSPS) is 14.7. The summed E-state index contributed by atoms with van der Waals surface area (Å²) >= 11 is 0. The lowest BCUT2D eigenvalue weighted by molar-refractivity contribution is -0.136. The zero-order valence-electron chi connectivity index (χ0n) is 30.4. The number of carbonyl (C=O) groups is 3. The highest BCUT2D eigenvalue weighted by atomic mass is 16.6. The maximum atomic E-state index is 14.4. The van der Waals surface area contributed by atoms with Gasteiger partial charge in [-0.25, -0.2) is 9.48 Å². The van der Waals surface area contributed by atoms with Crippen LogP contribution in [0.5, 0.6) is 0 Å². The number of carbonyl (C=O) groups excluding carboxylic acids is 3. The Morgan fingerprint density at radius 3 is 1.86 bits per heavy atom. The Hall–Kier alpha value is -4.99. The number of nitrogens with zero attached hydrogens (tertiary/aromatic N) is 4. The quantitative estimate of drug-likeness (QED) is 0.105. The largest absolute Gasteiger partial charge is 0.444 e. The molecule has 1 aliphatic rings. The van der Waals surface area contributed by atoms with E-state index in [1.807, 2.05) is 95.9 Å². The predicted molar refractivity (Wildman–Crippen MR) is 198 cm³/mol. The number of alkyl carbamates (subject to hydrolysis) is 1. The number of benzene rings is 3. The summed E-state index contributed by atoms with van der Waals surface area (Å²) in [6.07, 6.45) is 7.49. The van der Waals surface area contributed by atoms with Gasteiger partial charge in [-0.05, 0) is 63.1 Å². The van der Waals surface area contributed by atoms with Crippen LogP contribution in [0.3, 0.4) is 0 Å². The first-order chi connectivity index (χ1) is 24.6. The first-order valence-corrected chi connectivity index (χ1v) is 18.3. The molecule has 4 aromatic rings. The maximum absolute atomic E-state index is 14.4. The summed E-state index contributed by atoms with van der Waals surface area (Å²) in [5.41, 5.74) is 1.20. The van der Waals surface area contributed by atoms with E-state index in [2.05, 4.69) is 27.9 Å². The van der Waals surface area contributed by atoms with Crippen LogP contribution in [-0.2, 0) is 19.9 Å². The number of aromatic nitrogens is 3. The predicted octanol–water partition coefficient (Wildman–Crippen LogP) is 7.48. The molecule has 0 radical (unpaired) electrons. The summed E-state index contributed by atoms with van der Waals surface area (Å²) in [6, 6.07) is 28.1. The average molecular weight is 693 g/mol. The van der Waals surface area contributed by atoms with Crippen LogP contribution < -0.4 is 10.6 Å². The van der Waals surface area contributed by atoms with Crippen molar-refractivity contribution < 1.29 is 19.1 Å². The third-order valence-electron chi connectivity index (χ3n) is 9.27. The second-order valence-corrected chi connectivity index (χ2v) is 14.3. The molecule has 1 saturated heterocycles. The smallest absolute Gasteiger partial charge is 0.408 e. The molecule has 2 heterocycles. The van der Waals surface area contributed by atoms with Gasteiger partial charge in [-0.1, -0.05) is 122 Å². The molecule has 2 atom stereocenters. The minimum Gasteiger partial charge on any atom is -0.444 e. The third kappa shape index (κ3) is 9.62. The molecule has 0 saturated carbocycles. The molecule has 5 rings (SSSR count). The topological polar surface area (TPSA) is 118 Å². The van der Waals surface area contributed by atoms with Crippen molar-refractivity contribution in [2.45, 2.75) is 102 Å². The number of rotatable bonds is 14. The van der Waals surface area contributed by atoms with Crippen LogP contribution >= 0.6 is 0 Å². The molecular formula is C41H52N6O4. The Kier molecular flexibility index (Phi) is 12.6. The molecule has 0 bridgehead atoms. The van der Waals surface area contributed by atoms with E-state index in [4.69, 9.17) is 4.74 Å². The van der Waals surface area contributed by atoms with E-state index in [9.17, 15) is 14.4 Å². The highest BCUT2D eigenvalue weighted by Crippen LogP contribution is 2.37. The monoisotopic (exact) mass is 692 g/mol. The van der Waals surface area contributed by atoms with Crippen LogP contribution in [0.4, 0.5) is 4.79 Å². The van der Waals surface area contributed by atoms with E-state index in [0.29, 0.717) is 12.1 Å². The van der Waals surface area contributed by atoms with E-state index in [-0.39, 0.29) is 18.2 Å². The van der Waals surface area contributed by atoms with E-state index in [0.717, 1.165) is 68.3 Å². The lowest BCUT2D eigenvalue weighted by atomic mass is 9.77. The van der Waals surface area contributed by atoms with Crippen molar-refractivity contribution in [3.8, 4) is 0 Å². The van der Waals surface area contributed by atoms with Gasteiger partial charge in [-0.3, -0.25) is 9.59 Å². The van der Waals surface area contributed by atoms with Crippen LogP contribution in [-0.4, -0.2) is 56.5 Å². The first kappa shape index (κ1) is 37.3. The molecule has 1 aromatic heterocycles. The van der Waals surface area contributed by atoms with Crippen LogP contribution in [0.1, 0.15) is 114 Å². The van der Waals surface area contributed by atoms with Gasteiger partial charge in [0, 0.05) is 13.1 Å². The van der Waals surface area contributed by atoms with Crippen molar-refractivity contribution in [2.24, 2.45) is 0 Å². The van der Waals surface area contributed by atoms with Gasteiger partial charge >= 0.3 is 6.09 Å². The van der Waals surface area contributed by atoms with Crippen molar-refractivity contribution >= 4 is 17.9 Å². The number of likely N-dealkylation sites (tertiary alicyclic amines) is 1. The van der Waals surface area contributed by atoms with Crippen molar-refractivity contribution in [3.05, 3.63) is 120 Å². The Morgan fingerprint density at radius 1 is 0.804 bits per heavy atom. The summed E-state index contributed by atoms with van der Waals surface area (Å²) in [5.74, 6) is -0.291. The molecule has 2 N–H and O–H groups in total. The average Bonchev–Trinajstić information content (AvgIpc) is 3.63. The summed E-state index contributed by atoms with van der Waals surface area (Å²) in [4.78, 5) is 43.4. The van der Waals surface area contributed by atoms with Crippen LogP contribution in [0, 0.1) is 0 Å². The molecule has 3 aromatic carbocycles. The Balaban J connectivity index is 1.50. The number of ether oxygens (including phenoxy) is 1. The standard InChI is InChI=1S/C41H52N6O4/c1-5-6-11-26-36(38(49)46-27-18-10-19-28-46)47-30-35(44-45-47)34(42-39(50)51-40(2,3)4)29-37(48)43-41(31-20-12-7-13-21-31,32-22-14-8-15-23-32)33-24-16-9-17-25-33/h7-9,12-17,20-25,30,34,36H,5-6,10-11,18-19,26-29H2,1-4H3,(H,42,50)(H,43,48)/t34-,36-/m0/s1. The van der Waals surface area contributed by atoms with Crippen LogP contribution in [0.25, 0.3) is 0 Å². The number of nitrogens with one attached hydrogen (secondary N) is 2. The number of amides is 3. The highest BCUT2D eigenvalue weighted by molar-refractivity contribution is 5.81. The minimum absolute atomic E-state index is 0.0371. The molecule has 1 fully saturated rings. The van der Waals surface area contributed by atoms with E-state index < -0.39 is 29.3 Å². The fourth-order valence-electron chi connectivity index (χ4n) is 6.79. The zero-order chi connectivity index (χ0) is 36.3. The molecule has 270 valence electrons. The Labute approximate surface area is 302 Å². The van der Waals surface area contributed by atoms with Crippen LogP contribution in [0.15, 0.2) is 97.2 Å². The number of hydrogen-bond donors (Lipinski definition) is 2. The van der Waals surface area contributed by atoms with Gasteiger partial charge in [0.2, 0.25) is 11.8 Å². The van der Waals surface area contributed by atoms with Gasteiger partial charge in [0.05, 0.1) is 18.7 Å². The molecule has 0 spiro atoms. The van der Waals surface area contributed by atoms with E-state index in [1.165, 1.54) is 0 Å². The van der Waals surface area contributed by atoms with Gasteiger partial charge in [0.1, 0.15) is 22.9 Å². The van der Waals surface area contributed by atoms with Gasteiger partial charge < -0.3 is 20.3 Å². The molecule has 51 heavy (non-hydrogen) atoms. The number of unbranched alkanes of at least 4 members (excludes halogenated alkanes) is 2. The van der Waals surface area contributed by atoms with E-state index >= 15 is 0 Å². The van der Waals surface area contributed by atoms with Crippen LogP contribution in [0.2, 0.25) is 0 Å². The number of hydrogen-bond acceptors (Lipinski definition) is 6. The second kappa shape index (κ2) is 17.3. The van der Waals surface area contributed by atoms with Gasteiger partial charge in [0.15, 0.2) is 0 Å².